The van der Waals surface area contributed by atoms with Gasteiger partial charge in [-0.3, -0.25) is 0 Å². The molecule has 7 aromatic carbocycles. The Morgan fingerprint density at radius 1 is 0.412 bits per heavy atom. The molecule has 2 heterocycles. The molecule has 0 amide bonds. The molecule has 337 valence electrons. The maximum atomic E-state index is 5.17. The van der Waals surface area contributed by atoms with Gasteiger partial charge in [0.2, 0.25) is 0 Å². The van der Waals surface area contributed by atoms with Crippen molar-refractivity contribution >= 4 is 0 Å². The van der Waals surface area contributed by atoms with Crippen molar-refractivity contribution in [3.63, 3.8) is 0 Å². The van der Waals surface area contributed by atoms with Crippen LogP contribution in [0.25, 0.3) is 78.8 Å². The maximum absolute atomic E-state index is 5.17. The average Bonchev–Trinajstić information content (AvgIpc) is 3.86. The molecule has 2 aliphatic rings. The Morgan fingerprint density at radius 2 is 0.941 bits per heavy atom. The molecule has 0 saturated heterocycles. The van der Waals surface area contributed by atoms with E-state index in [-0.39, 0.29) is 20.1 Å². The summed E-state index contributed by atoms with van der Waals surface area (Å²) >= 11 is 0. The Morgan fingerprint density at radius 3 is 1.53 bits per heavy atom. The van der Waals surface area contributed by atoms with Gasteiger partial charge in [0, 0.05) is 43.0 Å². The second kappa shape index (κ2) is 19.9. The van der Waals surface area contributed by atoms with Crippen LogP contribution >= 0.6 is 0 Å². The van der Waals surface area contributed by atoms with Gasteiger partial charge in [-0.25, -0.2) is 15.0 Å². The van der Waals surface area contributed by atoms with Crippen molar-refractivity contribution in [2.24, 2.45) is 0 Å². The molecule has 0 saturated carbocycles. The van der Waals surface area contributed by atoms with Gasteiger partial charge in [0.15, 0.2) is 17.5 Å². The fraction of sp³-hybridized carbons (Fsp3) is 0.206. The molecule has 0 fully saturated rings. The Labute approximate surface area is 415 Å². The first kappa shape index (κ1) is 45.1. The minimum Gasteiger partial charge on any atom is -0.304 e. The van der Waals surface area contributed by atoms with Gasteiger partial charge in [-0.2, -0.15) is 0 Å². The second-order valence-corrected chi connectivity index (χ2v) is 18.4. The molecule has 0 atom stereocenters. The summed E-state index contributed by atoms with van der Waals surface area (Å²) in [7, 11) is 0. The van der Waals surface area contributed by atoms with Gasteiger partial charge in [0.05, 0.1) is 5.41 Å². The van der Waals surface area contributed by atoms with Crippen LogP contribution in [0.1, 0.15) is 98.6 Å². The summed E-state index contributed by atoms with van der Waals surface area (Å²) < 4.78 is 0. The fourth-order valence-corrected chi connectivity index (χ4v) is 10.7. The normalized spacial score (nSPS) is 12.6. The van der Waals surface area contributed by atoms with Crippen LogP contribution in [0, 0.1) is 6.07 Å². The Kier molecular flexibility index (Phi) is 13.2. The van der Waals surface area contributed by atoms with Crippen molar-refractivity contribution in [2.75, 3.05) is 0 Å². The van der Waals surface area contributed by atoms with Gasteiger partial charge in [-0.15, -0.1) is 29.3 Å². The Bertz CT molecular complexity index is 3110. The van der Waals surface area contributed by atoms with Crippen LogP contribution in [0.15, 0.2) is 176 Å². The summed E-state index contributed by atoms with van der Waals surface area (Å²) in [6, 6.07) is 65.7. The molecule has 5 heteroatoms. The first-order valence-electron chi connectivity index (χ1n) is 24.5. The van der Waals surface area contributed by atoms with Crippen molar-refractivity contribution in [2.45, 2.75) is 83.5 Å². The smallest absolute Gasteiger partial charge is 0.165 e. The third-order valence-electron chi connectivity index (χ3n) is 14.1. The Balaban J connectivity index is 0.00000539. The molecule has 9 aromatic rings. The van der Waals surface area contributed by atoms with Crippen LogP contribution in [0.3, 0.4) is 0 Å². The number of aryl methyl sites for hydroxylation is 2. The minimum atomic E-state index is -0.496. The third-order valence-corrected chi connectivity index (χ3v) is 14.1. The number of unbranched alkanes of at least 4 members (excludes halogenated alkanes) is 6. The van der Waals surface area contributed by atoms with Gasteiger partial charge in [-0.05, 0) is 99.6 Å². The number of pyridine rings is 1. The van der Waals surface area contributed by atoms with E-state index in [4.69, 9.17) is 19.9 Å². The molecule has 0 aliphatic heterocycles. The predicted molar refractivity (Wildman–Crippen MR) is 276 cm³/mol. The topological polar surface area (TPSA) is 51.6 Å². The number of rotatable bonds is 15. The van der Waals surface area contributed by atoms with Crippen molar-refractivity contribution in [1.29, 1.82) is 0 Å². The quantitative estimate of drug-likeness (QED) is 0.0758. The van der Waals surface area contributed by atoms with Crippen LogP contribution < -0.4 is 0 Å². The largest absolute Gasteiger partial charge is 0.304 e. The molecule has 68 heavy (non-hydrogen) atoms. The number of nitrogens with zero attached hydrogens (tertiary/aromatic N) is 4. The third kappa shape index (κ3) is 8.37. The average molecular weight is 1060 g/mol. The van der Waals surface area contributed by atoms with E-state index in [0.717, 1.165) is 40.8 Å². The van der Waals surface area contributed by atoms with Crippen molar-refractivity contribution < 1.29 is 20.1 Å². The van der Waals surface area contributed by atoms with Crippen LogP contribution in [0.4, 0.5) is 0 Å². The molecule has 4 nitrogen and oxygen atoms in total. The zero-order valence-electron chi connectivity index (χ0n) is 38.9. The maximum Gasteiger partial charge on any atom is 0.165 e. The first-order chi connectivity index (χ1) is 33.1. The Hall–Kier alpha value is -6.65. The van der Waals surface area contributed by atoms with E-state index >= 15 is 0 Å². The molecule has 0 N–H and O–H groups in total. The van der Waals surface area contributed by atoms with Crippen LogP contribution in [0.2, 0.25) is 0 Å². The molecule has 1 spiro atoms. The number of hydrogen-bond donors (Lipinski definition) is 0. The van der Waals surface area contributed by atoms with E-state index in [1.165, 1.54) is 118 Å². The monoisotopic (exact) mass is 1060 g/mol. The molecule has 1 radical (unpaired) electrons. The first-order valence-corrected chi connectivity index (χ1v) is 24.5. The second-order valence-electron chi connectivity index (χ2n) is 18.4. The van der Waals surface area contributed by atoms with Crippen molar-refractivity contribution in [3.05, 3.63) is 216 Å². The van der Waals surface area contributed by atoms with E-state index in [1.807, 2.05) is 6.20 Å². The van der Waals surface area contributed by atoms with Crippen LogP contribution in [-0.4, -0.2) is 19.9 Å². The predicted octanol–water partition coefficient (Wildman–Crippen LogP) is 16.0. The fourth-order valence-electron chi connectivity index (χ4n) is 10.7. The molecule has 2 aliphatic carbocycles. The standard InChI is InChI=1S/C63H55N4.Ir/c1-3-5-7-10-20-43-22-18-26-48(38-43)60-65-61(49-27-19-23-44(39-49)21-11-8-6-4-2)67-62(66-60)50-34-37-59(64-42-50)47-33-36-54-53-35-32-46(45-24-12-9-13-25-45)40-57(53)63(58(54)41-47)55-30-16-14-28-51(55)52-29-15-17-31-56(52)63;/h9,12-19,22-32,34-42H,3-8,10-11,20-21H2,1-2H3;/q-1;. The number of aromatic nitrogens is 4. The zero-order chi connectivity index (χ0) is 45.2. The minimum absolute atomic E-state index is 0. The number of hydrogen-bond acceptors (Lipinski definition) is 4. The molecule has 11 rings (SSSR count). The summed E-state index contributed by atoms with van der Waals surface area (Å²) in [5, 5.41) is 0. The van der Waals surface area contributed by atoms with Crippen LogP contribution in [0.5, 0.6) is 0 Å². The van der Waals surface area contributed by atoms with E-state index in [2.05, 4.69) is 190 Å². The van der Waals surface area contributed by atoms with E-state index in [1.54, 1.807) is 0 Å². The van der Waals surface area contributed by atoms with Crippen molar-refractivity contribution in [3.8, 4) is 78.8 Å². The summed E-state index contributed by atoms with van der Waals surface area (Å²) in [4.78, 5) is 20.6. The summed E-state index contributed by atoms with van der Waals surface area (Å²) in [5.74, 6) is 1.97. The summed E-state index contributed by atoms with van der Waals surface area (Å²) in [5.41, 5.74) is 19.4. The molecule has 2 aromatic heterocycles. The van der Waals surface area contributed by atoms with E-state index in [9.17, 15) is 0 Å². The SMILES string of the molecule is CCCCCCc1cccc(-c2nc(-c3ccc(-c4[c-]cc5c(c4)C4(c6ccccc6-c6ccccc64)c4cc(-c6ccccc6)ccc4-5)nc3)nc(-c3cccc(CCCCCC)c3)n2)c1.[Ir]. The van der Waals surface area contributed by atoms with Gasteiger partial charge in [0.1, 0.15) is 0 Å². The molecular formula is C63H55IrN4-. The van der Waals surface area contributed by atoms with Gasteiger partial charge < -0.3 is 4.98 Å². The van der Waals surface area contributed by atoms with Gasteiger partial charge in [-0.1, -0.05) is 203 Å². The molecule has 0 unspecified atom stereocenters. The summed E-state index contributed by atoms with van der Waals surface area (Å²) in [6.07, 6.45) is 13.9. The van der Waals surface area contributed by atoms with E-state index < -0.39 is 5.41 Å². The summed E-state index contributed by atoms with van der Waals surface area (Å²) in [6.45, 7) is 4.52. The molecular weight excluding hydrogens is 1000 g/mol. The van der Waals surface area contributed by atoms with E-state index in [0.29, 0.717) is 17.5 Å². The number of fused-ring (bicyclic) bond motifs is 10. The van der Waals surface area contributed by atoms with Crippen LogP contribution in [-0.2, 0) is 38.4 Å². The zero-order valence-corrected chi connectivity index (χ0v) is 41.3. The molecule has 0 bridgehead atoms. The number of benzene rings is 7. The van der Waals surface area contributed by atoms with Gasteiger partial charge >= 0.3 is 0 Å². The van der Waals surface area contributed by atoms with Gasteiger partial charge in [0.25, 0.3) is 0 Å². The van der Waals surface area contributed by atoms with Crippen molar-refractivity contribution in [1.82, 2.24) is 19.9 Å².